The van der Waals surface area contributed by atoms with E-state index in [0.717, 1.165) is 47.2 Å². The van der Waals surface area contributed by atoms with Crippen LogP contribution in [0.3, 0.4) is 0 Å². The third kappa shape index (κ3) is 3.62. The Balaban J connectivity index is 1.75. The van der Waals surface area contributed by atoms with Gasteiger partial charge in [-0.2, -0.15) is 0 Å². The number of hydrogen-bond donors (Lipinski definition) is 0. The zero-order valence-corrected chi connectivity index (χ0v) is 17.0. The molecule has 0 amide bonds. The van der Waals surface area contributed by atoms with Crippen molar-refractivity contribution in [2.45, 2.75) is 32.7 Å². The third-order valence-corrected chi connectivity index (χ3v) is 5.32. The number of rotatable bonds is 6. The van der Waals surface area contributed by atoms with Gasteiger partial charge in [-0.1, -0.05) is 13.3 Å². The smallest absolute Gasteiger partial charge is 0.336 e. The van der Waals surface area contributed by atoms with E-state index in [1.807, 2.05) is 30.3 Å². The van der Waals surface area contributed by atoms with Crippen LogP contribution in [0, 0.1) is 0 Å². The molecule has 3 aromatic rings. The fourth-order valence-electron chi connectivity index (χ4n) is 3.76. The van der Waals surface area contributed by atoms with Crippen LogP contribution in [0.2, 0.25) is 0 Å². The van der Waals surface area contributed by atoms with Gasteiger partial charge >= 0.3 is 5.63 Å². The monoisotopic (exact) mass is 395 g/mol. The number of fused-ring (bicyclic) bond motifs is 3. The fraction of sp³-hybridized carbons (Fsp3) is 0.348. The van der Waals surface area contributed by atoms with Crippen LogP contribution in [0.1, 0.15) is 30.9 Å². The number of unbranched alkanes of at least 4 members (excludes halogenated alkanes) is 1. The molecule has 0 spiro atoms. The number of hydrogen-bond acceptors (Lipinski definition) is 6. The third-order valence-electron chi connectivity index (χ3n) is 5.32. The lowest BCUT2D eigenvalue weighted by molar-refractivity contribution is 0.288. The highest BCUT2D eigenvalue weighted by molar-refractivity contribution is 5.85. The van der Waals surface area contributed by atoms with Crippen LogP contribution in [-0.2, 0) is 13.0 Å². The van der Waals surface area contributed by atoms with E-state index in [0.29, 0.717) is 30.4 Å². The normalized spacial score (nSPS) is 13.1. The molecule has 2 heterocycles. The van der Waals surface area contributed by atoms with Crippen molar-refractivity contribution in [3.05, 3.63) is 57.9 Å². The Kier molecular flexibility index (Phi) is 5.34. The van der Waals surface area contributed by atoms with Crippen LogP contribution in [0.4, 0.5) is 5.69 Å². The summed E-state index contributed by atoms with van der Waals surface area (Å²) >= 11 is 0. The number of anilines is 1. The summed E-state index contributed by atoms with van der Waals surface area (Å²) < 4.78 is 22.4. The Bertz CT molecular complexity index is 1090. The first-order chi connectivity index (χ1) is 14.1. The largest absolute Gasteiger partial charge is 0.493 e. The number of aryl methyl sites for hydroxylation is 1. The molecule has 0 saturated heterocycles. The lowest BCUT2D eigenvalue weighted by atomic mass is 10.0. The van der Waals surface area contributed by atoms with E-state index < -0.39 is 0 Å². The van der Waals surface area contributed by atoms with Crippen molar-refractivity contribution >= 4 is 16.7 Å². The van der Waals surface area contributed by atoms with Crippen LogP contribution in [-0.4, -0.2) is 21.0 Å². The lowest BCUT2D eigenvalue weighted by Gasteiger charge is -2.31. The molecule has 1 aliphatic heterocycles. The molecule has 1 aromatic heterocycles. The molecule has 152 valence electrons. The summed E-state index contributed by atoms with van der Waals surface area (Å²) in [5.41, 5.74) is 3.16. The van der Waals surface area contributed by atoms with Crippen molar-refractivity contribution in [1.29, 1.82) is 0 Å². The summed E-state index contributed by atoms with van der Waals surface area (Å²) in [5.74, 6) is 2.08. The van der Waals surface area contributed by atoms with Crippen molar-refractivity contribution in [3.63, 3.8) is 0 Å². The van der Waals surface area contributed by atoms with Gasteiger partial charge in [0, 0.05) is 23.2 Å². The van der Waals surface area contributed by atoms with Gasteiger partial charge in [-0.15, -0.1) is 0 Å². The highest BCUT2D eigenvalue weighted by atomic mass is 16.5. The first-order valence-electron chi connectivity index (χ1n) is 9.83. The highest BCUT2D eigenvalue weighted by Crippen LogP contribution is 2.37. The molecule has 0 radical (unpaired) electrons. The standard InChI is InChI=1S/C23H25NO5/c1-4-5-6-15-11-22(25)29-23-17(15)8-10-19-18(23)13-24(14-28-19)16-7-9-20(26-2)21(12-16)27-3/h7-12H,4-6,13-14H2,1-3H3. The van der Waals surface area contributed by atoms with E-state index in [1.165, 1.54) is 0 Å². The molecule has 6 nitrogen and oxygen atoms in total. The Morgan fingerprint density at radius 2 is 1.90 bits per heavy atom. The van der Waals surface area contributed by atoms with Gasteiger partial charge in [-0.05, 0) is 42.7 Å². The molecular formula is C23H25NO5. The molecule has 6 heteroatoms. The first-order valence-corrected chi connectivity index (χ1v) is 9.83. The summed E-state index contributed by atoms with van der Waals surface area (Å²) in [6.45, 7) is 3.11. The predicted octanol–water partition coefficient (Wildman–Crippen LogP) is 4.51. The number of methoxy groups -OCH3 is 2. The lowest BCUT2D eigenvalue weighted by Crippen LogP contribution is -2.32. The molecule has 0 unspecified atom stereocenters. The minimum atomic E-state index is -0.319. The van der Waals surface area contributed by atoms with Crippen molar-refractivity contribution < 1.29 is 18.6 Å². The summed E-state index contributed by atoms with van der Waals surface area (Å²) in [6, 6.07) is 11.3. The first kappa shape index (κ1) is 19.2. The summed E-state index contributed by atoms with van der Waals surface area (Å²) in [4.78, 5) is 14.3. The van der Waals surface area contributed by atoms with Crippen LogP contribution >= 0.6 is 0 Å². The van der Waals surface area contributed by atoms with Crippen LogP contribution < -0.4 is 24.7 Å². The molecule has 0 aliphatic carbocycles. The topological polar surface area (TPSA) is 61.1 Å². The summed E-state index contributed by atoms with van der Waals surface area (Å²) in [7, 11) is 3.23. The SMILES string of the molecule is CCCCc1cc(=O)oc2c3c(ccc12)OCN(c1ccc(OC)c(OC)c1)C3. The maximum Gasteiger partial charge on any atom is 0.336 e. The average molecular weight is 395 g/mol. The fourth-order valence-corrected chi connectivity index (χ4v) is 3.76. The van der Waals surface area contributed by atoms with E-state index in [9.17, 15) is 4.79 Å². The van der Waals surface area contributed by atoms with Gasteiger partial charge in [0.2, 0.25) is 0 Å². The molecule has 0 bridgehead atoms. The minimum Gasteiger partial charge on any atom is -0.493 e. The van der Waals surface area contributed by atoms with Crippen molar-refractivity contribution in [3.8, 4) is 17.2 Å². The molecule has 4 rings (SSSR count). The number of ether oxygens (including phenoxy) is 3. The number of benzene rings is 2. The van der Waals surface area contributed by atoms with E-state index in [4.69, 9.17) is 18.6 Å². The van der Waals surface area contributed by atoms with Gasteiger partial charge in [0.05, 0.1) is 26.3 Å². The molecule has 0 N–H and O–H groups in total. The van der Waals surface area contributed by atoms with Gasteiger partial charge in [0.25, 0.3) is 0 Å². The molecule has 1 aliphatic rings. The molecular weight excluding hydrogens is 370 g/mol. The van der Waals surface area contributed by atoms with Crippen molar-refractivity contribution in [1.82, 2.24) is 0 Å². The van der Waals surface area contributed by atoms with Gasteiger partial charge in [0.15, 0.2) is 18.2 Å². The number of nitrogens with zero attached hydrogens (tertiary/aromatic N) is 1. The van der Waals surface area contributed by atoms with Gasteiger partial charge in [0.1, 0.15) is 11.3 Å². The predicted molar refractivity (Wildman–Crippen MR) is 112 cm³/mol. The Morgan fingerprint density at radius 1 is 1.07 bits per heavy atom. The Morgan fingerprint density at radius 3 is 2.66 bits per heavy atom. The van der Waals surface area contributed by atoms with E-state index >= 15 is 0 Å². The highest BCUT2D eigenvalue weighted by Gasteiger charge is 2.23. The van der Waals surface area contributed by atoms with Crippen molar-refractivity contribution in [2.75, 3.05) is 25.9 Å². The molecule has 0 saturated carbocycles. The zero-order chi connectivity index (χ0) is 20.4. The van der Waals surface area contributed by atoms with E-state index in [1.54, 1.807) is 20.3 Å². The molecule has 0 fully saturated rings. The van der Waals surface area contributed by atoms with E-state index in [-0.39, 0.29) is 5.63 Å². The molecule has 0 atom stereocenters. The Hall–Kier alpha value is -3.15. The van der Waals surface area contributed by atoms with Gasteiger partial charge < -0.3 is 23.5 Å². The average Bonchev–Trinajstić information content (AvgIpc) is 2.76. The van der Waals surface area contributed by atoms with Crippen molar-refractivity contribution in [2.24, 2.45) is 0 Å². The quantitative estimate of drug-likeness (QED) is 0.573. The second-order valence-corrected chi connectivity index (χ2v) is 7.12. The minimum absolute atomic E-state index is 0.319. The summed E-state index contributed by atoms with van der Waals surface area (Å²) in [6.07, 6.45) is 2.96. The second kappa shape index (κ2) is 8.07. The zero-order valence-electron chi connectivity index (χ0n) is 17.0. The van der Waals surface area contributed by atoms with Crippen LogP contribution in [0.5, 0.6) is 17.2 Å². The maximum absolute atomic E-state index is 12.2. The molecule has 2 aromatic carbocycles. The van der Waals surface area contributed by atoms with Crippen LogP contribution in [0.15, 0.2) is 45.6 Å². The second-order valence-electron chi connectivity index (χ2n) is 7.12. The van der Waals surface area contributed by atoms with Gasteiger partial charge in [-0.3, -0.25) is 0 Å². The maximum atomic E-state index is 12.2. The molecule has 29 heavy (non-hydrogen) atoms. The van der Waals surface area contributed by atoms with Crippen LogP contribution in [0.25, 0.3) is 11.0 Å². The Labute approximate surface area is 169 Å². The van der Waals surface area contributed by atoms with Gasteiger partial charge in [-0.25, -0.2) is 4.79 Å². The van der Waals surface area contributed by atoms with E-state index in [2.05, 4.69) is 11.8 Å². The summed E-state index contributed by atoms with van der Waals surface area (Å²) in [5, 5.41) is 0.981.